The van der Waals surface area contributed by atoms with Crippen molar-refractivity contribution in [3.8, 4) is 0 Å². The first-order valence-corrected chi connectivity index (χ1v) is 12.2. The minimum absolute atomic E-state index is 0.109. The Hall–Kier alpha value is -3.88. The van der Waals surface area contributed by atoms with Crippen molar-refractivity contribution in [2.24, 2.45) is 11.8 Å². The van der Waals surface area contributed by atoms with E-state index in [1.54, 1.807) is 48.5 Å². The van der Waals surface area contributed by atoms with Crippen LogP contribution in [0, 0.1) is 11.8 Å². The van der Waals surface area contributed by atoms with Gasteiger partial charge >= 0.3 is 12.0 Å². The van der Waals surface area contributed by atoms with Crippen molar-refractivity contribution in [3.63, 3.8) is 0 Å². The number of nitrogens with one attached hydrogen (secondary N) is 3. The van der Waals surface area contributed by atoms with Gasteiger partial charge in [-0.3, -0.25) is 14.5 Å². The normalized spacial score (nSPS) is 17.4. The smallest absolute Gasteiger partial charge is 0.326 e. The minimum Gasteiger partial charge on any atom is -0.480 e. The number of carboxylic acids is 1. The first-order chi connectivity index (χ1) is 17.1. The lowest BCUT2D eigenvalue weighted by Gasteiger charge is -2.39. The molecule has 0 fully saturated rings. The number of rotatable bonds is 9. The summed E-state index contributed by atoms with van der Waals surface area (Å²) in [7, 11) is 0. The Morgan fingerprint density at radius 2 is 1.64 bits per heavy atom. The van der Waals surface area contributed by atoms with E-state index in [9.17, 15) is 24.3 Å². The second kappa shape index (κ2) is 11.7. The molecule has 4 atom stereocenters. The van der Waals surface area contributed by atoms with Gasteiger partial charge in [0.1, 0.15) is 18.1 Å². The summed E-state index contributed by atoms with van der Waals surface area (Å²) in [5.41, 5.74) is 1.81. The molecule has 192 valence electrons. The van der Waals surface area contributed by atoms with Crippen molar-refractivity contribution >= 4 is 35.2 Å². The highest BCUT2D eigenvalue weighted by atomic mass is 16.4. The van der Waals surface area contributed by atoms with Crippen LogP contribution in [0.5, 0.6) is 0 Å². The summed E-state index contributed by atoms with van der Waals surface area (Å²) in [5, 5.41) is 18.0. The molecule has 0 aromatic heterocycles. The first kappa shape index (κ1) is 26.7. The van der Waals surface area contributed by atoms with E-state index >= 15 is 0 Å². The molecule has 0 saturated heterocycles. The molecule has 0 saturated carbocycles. The molecule has 0 bridgehead atoms. The Bertz CT molecular complexity index is 1100. The van der Waals surface area contributed by atoms with Crippen LogP contribution in [0.1, 0.15) is 39.7 Å². The summed E-state index contributed by atoms with van der Waals surface area (Å²) in [6, 6.07) is 12.5. The summed E-state index contributed by atoms with van der Waals surface area (Å²) < 4.78 is 0. The Labute approximate surface area is 211 Å². The average Bonchev–Trinajstić information content (AvgIpc) is 2.85. The van der Waals surface area contributed by atoms with Crippen molar-refractivity contribution in [2.75, 3.05) is 10.2 Å². The van der Waals surface area contributed by atoms with Gasteiger partial charge in [0.25, 0.3) is 0 Å². The van der Waals surface area contributed by atoms with Crippen LogP contribution in [0.15, 0.2) is 54.6 Å². The van der Waals surface area contributed by atoms with E-state index in [1.807, 2.05) is 33.8 Å². The highest BCUT2D eigenvalue weighted by Crippen LogP contribution is 2.34. The van der Waals surface area contributed by atoms with Gasteiger partial charge in [0.05, 0.1) is 11.4 Å². The Kier molecular flexibility index (Phi) is 8.68. The number of carboxylic acid groups (broad SMARTS) is 1. The summed E-state index contributed by atoms with van der Waals surface area (Å²) in [5.74, 6) is -2.54. The van der Waals surface area contributed by atoms with Crippen LogP contribution in [0.2, 0.25) is 0 Å². The Balaban J connectivity index is 1.85. The molecular weight excluding hydrogens is 460 g/mol. The van der Waals surface area contributed by atoms with Gasteiger partial charge in [-0.05, 0) is 29.5 Å². The van der Waals surface area contributed by atoms with E-state index in [1.165, 1.54) is 4.90 Å². The van der Waals surface area contributed by atoms with Crippen LogP contribution in [-0.4, -0.2) is 47.0 Å². The molecule has 1 heterocycles. The molecule has 9 heteroatoms. The van der Waals surface area contributed by atoms with E-state index in [-0.39, 0.29) is 24.2 Å². The number of hydrogen-bond donors (Lipinski definition) is 4. The largest absolute Gasteiger partial charge is 0.480 e. The topological polar surface area (TPSA) is 128 Å². The molecule has 0 radical (unpaired) electrons. The Morgan fingerprint density at radius 3 is 2.25 bits per heavy atom. The number of carbonyl (C=O) groups is 4. The molecule has 3 rings (SSSR count). The van der Waals surface area contributed by atoms with Gasteiger partial charge in [0.2, 0.25) is 11.8 Å². The molecule has 2 aromatic carbocycles. The number of benzene rings is 2. The van der Waals surface area contributed by atoms with Gasteiger partial charge < -0.3 is 21.1 Å². The maximum Gasteiger partial charge on any atom is 0.326 e. The second-order valence-corrected chi connectivity index (χ2v) is 9.47. The quantitative estimate of drug-likeness (QED) is 0.425. The van der Waals surface area contributed by atoms with Crippen LogP contribution in [0.3, 0.4) is 0 Å². The number of hydrogen-bond acceptors (Lipinski definition) is 4. The van der Waals surface area contributed by atoms with E-state index in [2.05, 4.69) is 16.0 Å². The van der Waals surface area contributed by atoms with Crippen molar-refractivity contribution in [2.45, 2.75) is 58.7 Å². The van der Waals surface area contributed by atoms with E-state index in [0.29, 0.717) is 17.8 Å². The molecule has 1 aliphatic rings. The summed E-state index contributed by atoms with van der Waals surface area (Å²) in [4.78, 5) is 53.0. The van der Waals surface area contributed by atoms with E-state index in [4.69, 9.17) is 0 Å². The highest BCUT2D eigenvalue weighted by Gasteiger charge is 2.40. The molecule has 2 aromatic rings. The summed E-state index contributed by atoms with van der Waals surface area (Å²) in [6.07, 6.45) is 0.678. The van der Waals surface area contributed by atoms with Crippen molar-refractivity contribution in [1.29, 1.82) is 0 Å². The molecule has 9 nitrogen and oxygen atoms in total. The zero-order chi connectivity index (χ0) is 26.4. The molecule has 36 heavy (non-hydrogen) atoms. The SMILES string of the molecule is CC[C@H](C)[C@H](NC(=O)N1c2ccccc2NC(=O)[C@H]1C(C)C)C(=O)N[C@H](Cc1ccccc1)C(=O)O. The fraction of sp³-hybridized carbons (Fsp3) is 0.407. The lowest BCUT2D eigenvalue weighted by molar-refractivity contribution is -0.142. The van der Waals surface area contributed by atoms with Gasteiger partial charge in [-0.1, -0.05) is 76.6 Å². The molecule has 1 aliphatic heterocycles. The number of para-hydroxylation sites is 2. The van der Waals surface area contributed by atoms with Gasteiger partial charge in [0.15, 0.2) is 0 Å². The van der Waals surface area contributed by atoms with Gasteiger partial charge in [0, 0.05) is 6.42 Å². The third kappa shape index (κ3) is 6.02. The third-order valence-corrected chi connectivity index (χ3v) is 6.49. The van der Waals surface area contributed by atoms with Gasteiger partial charge in [-0.15, -0.1) is 0 Å². The predicted molar refractivity (Wildman–Crippen MR) is 138 cm³/mol. The van der Waals surface area contributed by atoms with Crippen molar-refractivity contribution in [1.82, 2.24) is 10.6 Å². The monoisotopic (exact) mass is 494 g/mol. The number of aliphatic carboxylic acids is 1. The van der Waals surface area contributed by atoms with E-state index < -0.39 is 36.0 Å². The number of fused-ring (bicyclic) bond motifs is 1. The zero-order valence-electron chi connectivity index (χ0n) is 21.0. The van der Waals surface area contributed by atoms with Crippen molar-refractivity contribution < 1.29 is 24.3 Å². The van der Waals surface area contributed by atoms with Crippen LogP contribution in [-0.2, 0) is 20.8 Å². The molecule has 4 N–H and O–H groups in total. The van der Waals surface area contributed by atoms with Crippen LogP contribution in [0.25, 0.3) is 0 Å². The van der Waals surface area contributed by atoms with Crippen LogP contribution in [0.4, 0.5) is 16.2 Å². The number of carbonyl (C=O) groups excluding carboxylic acids is 3. The average molecular weight is 495 g/mol. The predicted octanol–water partition coefficient (Wildman–Crippen LogP) is 3.41. The summed E-state index contributed by atoms with van der Waals surface area (Å²) >= 11 is 0. The zero-order valence-corrected chi connectivity index (χ0v) is 21.0. The number of nitrogens with zero attached hydrogens (tertiary/aromatic N) is 1. The third-order valence-electron chi connectivity index (χ3n) is 6.49. The highest BCUT2D eigenvalue weighted by molar-refractivity contribution is 6.12. The van der Waals surface area contributed by atoms with Gasteiger partial charge in [-0.2, -0.15) is 0 Å². The standard InChI is InChI=1S/C27H34N4O5/c1-5-17(4)22(24(32)29-20(26(34)35)15-18-11-7-6-8-12-18)30-27(36)31-21-14-10-9-13-19(21)28-25(33)23(31)16(2)3/h6-14,16-17,20,22-23H,5,15H2,1-4H3,(H,28,33)(H,29,32)(H,30,36)(H,34,35)/t17-,20+,22-,23+/m0/s1. The number of urea groups is 1. The van der Waals surface area contributed by atoms with E-state index in [0.717, 1.165) is 5.56 Å². The first-order valence-electron chi connectivity index (χ1n) is 12.2. The second-order valence-electron chi connectivity index (χ2n) is 9.47. The maximum absolute atomic E-state index is 13.6. The maximum atomic E-state index is 13.6. The molecule has 0 spiro atoms. The van der Waals surface area contributed by atoms with Crippen LogP contribution >= 0.6 is 0 Å². The fourth-order valence-corrected chi connectivity index (χ4v) is 4.32. The van der Waals surface area contributed by atoms with Crippen molar-refractivity contribution in [3.05, 3.63) is 60.2 Å². The lowest BCUT2D eigenvalue weighted by atomic mass is 9.96. The van der Waals surface area contributed by atoms with Gasteiger partial charge in [-0.25, -0.2) is 9.59 Å². The Morgan fingerprint density at radius 1 is 1.00 bits per heavy atom. The molecular formula is C27H34N4O5. The van der Waals surface area contributed by atoms with Crippen LogP contribution < -0.4 is 20.9 Å². The molecule has 0 aliphatic carbocycles. The number of anilines is 2. The minimum atomic E-state index is -1.16. The fourth-order valence-electron chi connectivity index (χ4n) is 4.32. The number of amides is 4. The molecule has 0 unspecified atom stereocenters. The summed E-state index contributed by atoms with van der Waals surface area (Å²) in [6.45, 7) is 7.39. The molecule has 4 amide bonds. The lowest BCUT2D eigenvalue weighted by Crippen LogP contribution is -2.61.